The molecular weight excluding hydrogens is 443 g/mol. The molecule has 1 aromatic carbocycles. The molecule has 0 unspecified atom stereocenters. The van der Waals surface area contributed by atoms with Crippen LogP contribution in [0.4, 0.5) is 30.6 Å². The molecule has 2 N–H and O–H groups in total. The lowest BCUT2D eigenvalue weighted by Gasteiger charge is -2.35. The van der Waals surface area contributed by atoms with Crippen molar-refractivity contribution >= 4 is 35.8 Å². The Morgan fingerprint density at radius 3 is 2.69 bits per heavy atom. The molecule has 1 aromatic heterocycles. The normalized spacial score (nSPS) is 18.0. The number of nitrogens with zero attached hydrogens (tertiary/aromatic N) is 3. The van der Waals surface area contributed by atoms with Crippen LogP contribution in [0.5, 0.6) is 0 Å². The first-order valence-corrected chi connectivity index (χ1v) is 10.6. The lowest BCUT2D eigenvalue weighted by molar-refractivity contribution is -0.138. The zero-order valence-corrected chi connectivity index (χ0v) is 18.9. The van der Waals surface area contributed by atoms with Crippen molar-refractivity contribution in [1.29, 1.82) is 0 Å². The van der Waals surface area contributed by atoms with Gasteiger partial charge in [-0.05, 0) is 56.7 Å². The van der Waals surface area contributed by atoms with Gasteiger partial charge in [0.15, 0.2) is 0 Å². The van der Waals surface area contributed by atoms with Gasteiger partial charge in [0.05, 0.1) is 11.3 Å². The van der Waals surface area contributed by atoms with Crippen LogP contribution in [-0.2, 0) is 23.8 Å². The fraction of sp³-hybridized carbons (Fsp3) is 0.500. The third kappa shape index (κ3) is 5.26. The number of hydrogen-bond acceptors (Lipinski definition) is 5. The summed E-state index contributed by atoms with van der Waals surface area (Å²) in [5.41, 5.74) is 1.85. The number of halogens is 4. The number of benzene rings is 1. The highest BCUT2D eigenvalue weighted by molar-refractivity contribution is 5.85. The molecule has 32 heavy (non-hydrogen) atoms. The lowest BCUT2D eigenvalue weighted by Crippen LogP contribution is -2.47. The van der Waals surface area contributed by atoms with Crippen LogP contribution >= 0.6 is 12.4 Å². The number of amides is 1. The van der Waals surface area contributed by atoms with E-state index in [1.807, 2.05) is 0 Å². The predicted molar refractivity (Wildman–Crippen MR) is 120 cm³/mol. The molecule has 0 radical (unpaired) electrons. The highest BCUT2D eigenvalue weighted by atomic mass is 35.5. The van der Waals surface area contributed by atoms with E-state index in [-0.39, 0.29) is 29.9 Å². The van der Waals surface area contributed by atoms with Crippen molar-refractivity contribution in [3.05, 3.63) is 40.6 Å². The molecular formula is C22H27ClF3N5O. The van der Waals surface area contributed by atoms with Crippen LogP contribution in [0, 0.1) is 6.92 Å². The van der Waals surface area contributed by atoms with E-state index >= 15 is 0 Å². The number of anilines is 3. The fourth-order valence-electron chi connectivity index (χ4n) is 4.44. The summed E-state index contributed by atoms with van der Waals surface area (Å²) in [6.45, 7) is 4.44. The predicted octanol–water partition coefficient (Wildman–Crippen LogP) is 4.56. The number of alkyl halides is 3. The van der Waals surface area contributed by atoms with Gasteiger partial charge in [0.25, 0.3) is 0 Å². The molecule has 1 atom stereocenters. The Labute approximate surface area is 191 Å². The quantitative estimate of drug-likeness (QED) is 0.686. The molecule has 1 aliphatic carbocycles. The Morgan fingerprint density at radius 1 is 1.19 bits per heavy atom. The number of hydrogen-bond donors (Lipinski definition) is 2. The highest BCUT2D eigenvalue weighted by Gasteiger charge is 2.33. The molecule has 10 heteroatoms. The minimum absolute atomic E-state index is 0. The number of aromatic nitrogens is 2. The van der Waals surface area contributed by atoms with Crippen LogP contribution in [0.25, 0.3) is 0 Å². The van der Waals surface area contributed by atoms with Gasteiger partial charge in [0.1, 0.15) is 5.82 Å². The molecule has 4 rings (SSSR count). The maximum absolute atomic E-state index is 13.3. The Balaban J connectivity index is 0.00000289. The number of carbonyl (C=O) groups is 1. The average Bonchev–Trinajstić information content (AvgIpc) is 3.16. The second-order valence-corrected chi connectivity index (χ2v) is 8.29. The summed E-state index contributed by atoms with van der Waals surface area (Å²) in [6, 6.07) is 4.21. The average molecular weight is 470 g/mol. The fourth-order valence-corrected chi connectivity index (χ4v) is 4.44. The maximum Gasteiger partial charge on any atom is 0.416 e. The summed E-state index contributed by atoms with van der Waals surface area (Å²) in [4.78, 5) is 22.9. The number of aryl methyl sites for hydroxylation is 2. The van der Waals surface area contributed by atoms with Crippen LogP contribution in [0.1, 0.15) is 48.6 Å². The van der Waals surface area contributed by atoms with Crippen molar-refractivity contribution in [3.63, 3.8) is 0 Å². The van der Waals surface area contributed by atoms with E-state index in [0.717, 1.165) is 61.8 Å². The minimum atomic E-state index is -4.42. The van der Waals surface area contributed by atoms with Crippen molar-refractivity contribution in [2.45, 2.75) is 58.2 Å². The lowest BCUT2D eigenvalue weighted by atomic mass is 10.0. The van der Waals surface area contributed by atoms with Gasteiger partial charge in [-0.15, -0.1) is 12.4 Å². The summed E-state index contributed by atoms with van der Waals surface area (Å²) in [6.07, 6.45) is 0.112. The van der Waals surface area contributed by atoms with Gasteiger partial charge in [0, 0.05) is 37.3 Å². The second-order valence-electron chi connectivity index (χ2n) is 8.29. The third-order valence-corrected chi connectivity index (χ3v) is 5.84. The Hall–Kier alpha value is -2.55. The van der Waals surface area contributed by atoms with Crippen molar-refractivity contribution in [1.82, 2.24) is 15.3 Å². The van der Waals surface area contributed by atoms with E-state index in [0.29, 0.717) is 18.2 Å². The molecule has 1 saturated heterocycles. The first-order chi connectivity index (χ1) is 14.7. The van der Waals surface area contributed by atoms with Crippen LogP contribution in [0.15, 0.2) is 18.2 Å². The van der Waals surface area contributed by atoms with Crippen molar-refractivity contribution in [2.24, 2.45) is 0 Å². The molecule has 0 spiro atoms. The van der Waals surface area contributed by atoms with Gasteiger partial charge >= 0.3 is 6.18 Å². The van der Waals surface area contributed by atoms with E-state index in [9.17, 15) is 18.0 Å². The van der Waals surface area contributed by atoms with Gasteiger partial charge in [-0.2, -0.15) is 18.2 Å². The number of carbonyl (C=O) groups excluding carboxylic acids is 1. The van der Waals surface area contributed by atoms with Gasteiger partial charge in [-0.3, -0.25) is 4.79 Å². The highest BCUT2D eigenvalue weighted by Crippen LogP contribution is 2.35. The summed E-state index contributed by atoms with van der Waals surface area (Å²) in [5.74, 6) is 1.07. The van der Waals surface area contributed by atoms with E-state index in [1.54, 1.807) is 6.07 Å². The van der Waals surface area contributed by atoms with Gasteiger partial charge < -0.3 is 15.5 Å². The van der Waals surface area contributed by atoms with E-state index < -0.39 is 11.7 Å². The third-order valence-electron chi connectivity index (χ3n) is 5.84. The molecule has 1 aliphatic heterocycles. The van der Waals surface area contributed by atoms with E-state index in [1.165, 1.54) is 19.9 Å². The summed E-state index contributed by atoms with van der Waals surface area (Å²) >= 11 is 0. The van der Waals surface area contributed by atoms with Crippen molar-refractivity contribution < 1.29 is 18.0 Å². The number of rotatable bonds is 4. The number of piperidine rings is 1. The number of nitrogens with one attached hydrogen (secondary N) is 2. The van der Waals surface area contributed by atoms with Crippen LogP contribution in [0.2, 0.25) is 0 Å². The monoisotopic (exact) mass is 469 g/mol. The number of fused-ring (bicyclic) bond motifs is 1. The summed E-state index contributed by atoms with van der Waals surface area (Å²) in [5, 5.41) is 5.96. The molecule has 2 heterocycles. The topological polar surface area (TPSA) is 70.2 Å². The second kappa shape index (κ2) is 9.52. The first-order valence-electron chi connectivity index (χ1n) is 10.6. The smallest absolute Gasteiger partial charge is 0.354 e. The molecule has 1 fully saturated rings. The molecule has 0 bridgehead atoms. The zero-order chi connectivity index (χ0) is 22.2. The van der Waals surface area contributed by atoms with Gasteiger partial charge in [0.2, 0.25) is 11.9 Å². The molecule has 0 saturated carbocycles. The van der Waals surface area contributed by atoms with E-state index in [2.05, 4.69) is 20.5 Å². The van der Waals surface area contributed by atoms with Crippen LogP contribution in [0.3, 0.4) is 0 Å². The van der Waals surface area contributed by atoms with E-state index in [4.69, 9.17) is 4.98 Å². The molecule has 2 aromatic rings. The van der Waals surface area contributed by atoms with Gasteiger partial charge in [-0.1, -0.05) is 6.07 Å². The standard InChI is InChI=1S/C22H26F3N5O.ClH/c1-13-8-9-15(11-18(13)22(23,24)25)27-21-28-19-7-3-6-17(19)20(29-21)30-10-4-5-16(12-30)26-14(2)31;/h8-9,11,16H,3-7,10,12H2,1-2H3,(H,26,31)(H,27,28,29);1H/t16-;/m1./s1. The van der Waals surface area contributed by atoms with Crippen molar-refractivity contribution in [2.75, 3.05) is 23.3 Å². The first kappa shape index (κ1) is 24.1. The SMILES string of the molecule is CC(=O)N[C@@H]1CCCN(c2nc(Nc3ccc(C)c(C(F)(F)F)c3)nc3c2CCC3)C1.Cl. The molecule has 1 amide bonds. The molecule has 6 nitrogen and oxygen atoms in total. The Kier molecular flexibility index (Phi) is 7.17. The molecule has 174 valence electrons. The maximum atomic E-state index is 13.3. The Morgan fingerprint density at radius 2 is 1.97 bits per heavy atom. The largest absolute Gasteiger partial charge is 0.416 e. The summed E-state index contributed by atoms with van der Waals surface area (Å²) in [7, 11) is 0. The Bertz CT molecular complexity index is 998. The molecule has 2 aliphatic rings. The minimum Gasteiger partial charge on any atom is -0.354 e. The summed E-state index contributed by atoms with van der Waals surface area (Å²) < 4.78 is 39.9. The van der Waals surface area contributed by atoms with Crippen molar-refractivity contribution in [3.8, 4) is 0 Å². The van der Waals surface area contributed by atoms with Crippen LogP contribution in [-0.4, -0.2) is 35.0 Å². The van der Waals surface area contributed by atoms with Gasteiger partial charge in [-0.25, -0.2) is 4.98 Å². The zero-order valence-electron chi connectivity index (χ0n) is 18.1. The van der Waals surface area contributed by atoms with Crippen LogP contribution < -0.4 is 15.5 Å².